The van der Waals surface area contributed by atoms with E-state index in [0.717, 1.165) is 44.5 Å². The second-order valence-corrected chi connectivity index (χ2v) is 19.0. The van der Waals surface area contributed by atoms with E-state index in [2.05, 4.69) is 20.6 Å². The van der Waals surface area contributed by atoms with Crippen LogP contribution >= 0.6 is 0 Å². The fourth-order valence-electron chi connectivity index (χ4n) is 6.68. The van der Waals surface area contributed by atoms with Gasteiger partial charge in [-0.1, -0.05) is 20.6 Å². The Hall–Kier alpha value is -7.49. The van der Waals surface area contributed by atoms with E-state index in [1.165, 1.54) is 4.90 Å². The van der Waals surface area contributed by atoms with Crippen molar-refractivity contribution in [1.82, 2.24) is 24.5 Å². The van der Waals surface area contributed by atoms with Crippen molar-refractivity contribution in [3.63, 3.8) is 0 Å². The number of esters is 4. The van der Waals surface area contributed by atoms with Crippen LogP contribution in [0.3, 0.4) is 0 Å². The number of carboxylic acid groups (broad SMARTS) is 3. The van der Waals surface area contributed by atoms with Gasteiger partial charge in [-0.3, -0.25) is 38.7 Å². The lowest BCUT2D eigenvalue weighted by molar-refractivity contribution is -0.153. The number of nitrogens with zero attached hydrogens (tertiary/aromatic N) is 9. The molecule has 0 unspecified atom stereocenters. The van der Waals surface area contributed by atoms with Gasteiger partial charge in [-0.2, -0.15) is 0 Å². The molecular weight excluding hydrogens is 1240 g/mol. The van der Waals surface area contributed by atoms with Crippen LogP contribution in [-0.4, -0.2) is 393 Å². The molecule has 0 spiro atoms. The monoisotopic (exact) mass is 1320 g/mol. The number of amides is 2. The highest BCUT2D eigenvalue weighted by Crippen LogP contribution is 2.05. The first-order valence-electron chi connectivity index (χ1n) is 27.7. The maximum absolute atomic E-state index is 13.8. The van der Waals surface area contributed by atoms with E-state index in [9.17, 15) is 99.3 Å². The molecule has 0 aromatic rings. The second kappa shape index (κ2) is 51.2. The molecule has 41 nitrogen and oxygen atoms in total. The molecule has 0 rings (SSSR count). The molecule has 0 aromatic heterocycles. The molecule has 0 heterocycles. The fraction of sp³-hybridized carbons (Fsp3) is 0.740. The number of hydrogen-bond acceptors (Lipinski definition) is 36. The first-order valence-corrected chi connectivity index (χ1v) is 27.7. The number of rotatable bonds is 56. The van der Waals surface area contributed by atoms with Gasteiger partial charge in [-0.05, 0) is 0 Å². The van der Waals surface area contributed by atoms with E-state index in [-0.39, 0.29) is 51.9 Å². The molecule has 522 valence electrons. The van der Waals surface area contributed by atoms with Gasteiger partial charge in [0.05, 0.1) is 110 Å². The quantitative estimate of drug-likeness (QED) is 0.0116. The number of aliphatic hydroxyl groups excluding tert-OH is 12. The first kappa shape index (κ1) is 83.5. The number of ether oxygens (including phenoxy) is 4. The number of aliphatic carboxylic acids is 3. The zero-order valence-electron chi connectivity index (χ0n) is 49.6. The lowest BCUT2D eigenvalue weighted by atomic mass is 10.2. The van der Waals surface area contributed by atoms with E-state index < -0.39 is 241 Å². The normalized spacial score (nSPS) is 14.4. The summed E-state index contributed by atoms with van der Waals surface area (Å²) in [6, 6.07) is 0. The highest BCUT2D eigenvalue weighted by atomic mass is 16.7. The molecule has 2 amide bonds. The minimum absolute atomic E-state index is 0.262. The minimum atomic E-state index is -1.47. The van der Waals surface area contributed by atoms with Crippen LogP contribution in [0.5, 0.6) is 0 Å². The summed E-state index contributed by atoms with van der Waals surface area (Å²) >= 11 is 0. The summed E-state index contributed by atoms with van der Waals surface area (Å²) in [7, 11) is 0. The third kappa shape index (κ3) is 43.8. The van der Waals surface area contributed by atoms with Gasteiger partial charge in [0.1, 0.15) is 50.8 Å². The predicted octanol–water partition coefficient (Wildman–Crippen LogP) is -10.6. The number of oxime groups is 4. The summed E-state index contributed by atoms with van der Waals surface area (Å²) in [6.07, 6.45) is -8.48. The molecule has 0 saturated heterocycles. The maximum atomic E-state index is 13.8. The summed E-state index contributed by atoms with van der Waals surface area (Å²) in [5, 5.41) is 155. The summed E-state index contributed by atoms with van der Waals surface area (Å²) in [5.41, 5.74) is 0. The van der Waals surface area contributed by atoms with E-state index in [1.54, 1.807) is 0 Å². The van der Waals surface area contributed by atoms with Crippen molar-refractivity contribution in [1.29, 1.82) is 0 Å². The number of carboxylic acids is 3. The van der Waals surface area contributed by atoms with E-state index >= 15 is 0 Å². The molecule has 41 heteroatoms. The standard InChI is InChI=1S/C50H85N9O32/c60-26-38(68)34(64)1-5-51-88-30-47(80)84-17-13-58(14-18-85-48(81)31-89-52-6-2-35(65)39(69)27-61)42(72)21-56(24-45(76)77)11-9-55(23-44(74)75)10-12-57(25-46(78)79)22-43(73)59(15-19-86-49(82)32-90-53-7-3-36(66)40(70)28-62)16-20-87-50(83)33-91-54-8-4-37(67)41(71)29-63/h5-8,34-41,60-71H,1-4,9-33H2,(H,74,75)(H,76,77)(H,78,79)/b51-5-,52-6+,53-7-,54-8+/t34-,35-,36-,37-,38-,39-,40-,41-/m1/s1. The van der Waals surface area contributed by atoms with Crippen LogP contribution in [0.2, 0.25) is 0 Å². The number of hydrogen-bond donors (Lipinski definition) is 15. The van der Waals surface area contributed by atoms with Crippen molar-refractivity contribution in [2.24, 2.45) is 20.6 Å². The van der Waals surface area contributed by atoms with Gasteiger partial charge < -0.3 is 125 Å². The van der Waals surface area contributed by atoms with Crippen molar-refractivity contribution < 1.29 is 158 Å². The van der Waals surface area contributed by atoms with Crippen molar-refractivity contribution in [2.75, 3.05) is 164 Å². The smallest absolute Gasteiger partial charge is 0.347 e. The molecule has 91 heavy (non-hydrogen) atoms. The zero-order chi connectivity index (χ0) is 68.5. The van der Waals surface area contributed by atoms with Gasteiger partial charge >= 0.3 is 41.8 Å². The van der Waals surface area contributed by atoms with Gasteiger partial charge in [0.25, 0.3) is 0 Å². The second-order valence-electron chi connectivity index (χ2n) is 19.0. The van der Waals surface area contributed by atoms with Crippen molar-refractivity contribution in [3.05, 3.63) is 0 Å². The highest BCUT2D eigenvalue weighted by molar-refractivity contribution is 5.80. The Morgan fingerprint density at radius 1 is 0.319 bits per heavy atom. The molecule has 0 saturated carbocycles. The largest absolute Gasteiger partial charge is 0.480 e. The SMILES string of the molecule is O=C(O)CN(CCN(CC(=O)O)CC(=O)N(CCOC(=O)CO/N=C\C[C@@H](O)[C@H](O)CO)CCOC(=O)CO/N=C/C[C@@H](O)[C@H](O)CO)CCN(CC(=O)O)CC(=O)N(CCOC(=O)CO/N=C\C[C@@H](O)[C@H](O)CO)CCOC(=O)CO/N=C/C[C@@H](O)[C@H](O)CO. The van der Waals surface area contributed by atoms with Gasteiger partial charge in [0, 0.05) is 76.7 Å². The topological polar surface area (TPSA) is 597 Å². The minimum Gasteiger partial charge on any atom is -0.480 e. The summed E-state index contributed by atoms with van der Waals surface area (Å²) in [6.45, 7) is -14.9. The Labute approximate surface area is 519 Å². The van der Waals surface area contributed by atoms with Gasteiger partial charge in [0.15, 0.2) is 0 Å². The number of carbonyl (C=O) groups excluding carboxylic acids is 6. The molecule has 15 N–H and O–H groups in total. The number of aliphatic hydroxyl groups is 12. The summed E-state index contributed by atoms with van der Waals surface area (Å²) in [5.74, 6) is -10.0. The van der Waals surface area contributed by atoms with Crippen LogP contribution in [0.25, 0.3) is 0 Å². The van der Waals surface area contributed by atoms with Crippen LogP contribution in [0.15, 0.2) is 20.6 Å². The Morgan fingerprint density at radius 3 is 0.758 bits per heavy atom. The predicted molar refractivity (Wildman–Crippen MR) is 302 cm³/mol. The molecule has 8 atom stereocenters. The Kier molecular flexibility index (Phi) is 47.0. The Bertz CT molecular complexity index is 2000. The summed E-state index contributed by atoms with van der Waals surface area (Å²) in [4.78, 5) is 138. The van der Waals surface area contributed by atoms with Gasteiger partial charge in [-0.15, -0.1) is 0 Å². The molecule has 0 bridgehead atoms. The van der Waals surface area contributed by atoms with Crippen molar-refractivity contribution >= 4 is 78.5 Å². The third-order valence-electron chi connectivity index (χ3n) is 11.7. The molecule has 0 aliphatic carbocycles. The average Bonchev–Trinajstić information content (AvgIpc) is 2.74. The zero-order valence-corrected chi connectivity index (χ0v) is 49.6. The van der Waals surface area contributed by atoms with Crippen molar-refractivity contribution in [2.45, 2.75) is 74.5 Å². The maximum Gasteiger partial charge on any atom is 0.347 e. The molecule has 0 aliphatic heterocycles. The Balaban J connectivity index is 6.27. The molecular formula is C50H85N9O32. The molecule has 0 aliphatic rings. The van der Waals surface area contributed by atoms with Crippen LogP contribution in [0.4, 0.5) is 0 Å². The third-order valence-corrected chi connectivity index (χ3v) is 11.7. The fourth-order valence-corrected chi connectivity index (χ4v) is 6.68. The highest BCUT2D eigenvalue weighted by Gasteiger charge is 2.26. The average molecular weight is 1320 g/mol. The van der Waals surface area contributed by atoms with Crippen LogP contribution < -0.4 is 0 Å². The van der Waals surface area contributed by atoms with Crippen LogP contribution in [0.1, 0.15) is 25.7 Å². The lowest BCUT2D eigenvalue weighted by Crippen LogP contribution is -2.49. The molecule has 0 radical (unpaired) electrons. The molecule has 0 fully saturated rings. The van der Waals surface area contributed by atoms with Crippen LogP contribution in [-0.2, 0) is 81.4 Å². The van der Waals surface area contributed by atoms with E-state index in [1.807, 2.05) is 0 Å². The lowest BCUT2D eigenvalue weighted by Gasteiger charge is -2.30. The number of carbonyl (C=O) groups is 9. The van der Waals surface area contributed by atoms with E-state index in [4.69, 9.17) is 58.7 Å². The van der Waals surface area contributed by atoms with Crippen LogP contribution in [0, 0.1) is 0 Å². The molecule has 0 aromatic carbocycles. The van der Waals surface area contributed by atoms with E-state index in [0.29, 0.717) is 0 Å². The Morgan fingerprint density at radius 2 is 0.538 bits per heavy atom. The first-order chi connectivity index (χ1) is 43.3. The summed E-state index contributed by atoms with van der Waals surface area (Å²) < 4.78 is 20.4. The van der Waals surface area contributed by atoms with Crippen molar-refractivity contribution in [3.8, 4) is 0 Å². The van der Waals surface area contributed by atoms with Gasteiger partial charge in [-0.25, -0.2) is 19.2 Å². The van der Waals surface area contributed by atoms with Gasteiger partial charge in [0.2, 0.25) is 38.2 Å².